The van der Waals surface area contributed by atoms with Crippen molar-refractivity contribution < 1.29 is 4.79 Å². The van der Waals surface area contributed by atoms with Crippen LogP contribution in [0.4, 0.5) is 11.6 Å². The normalized spacial score (nSPS) is 9.88. The third-order valence-electron chi connectivity index (χ3n) is 2.96. The molecule has 1 amide bonds. The van der Waals surface area contributed by atoms with Crippen molar-refractivity contribution in [3.63, 3.8) is 0 Å². The SMILES string of the molecule is Cl.NC(N)=NC(=O)c1nc(Cl)c(NCCSCc2ccccc2)nc1N. The topological polar surface area (TPSA) is 145 Å². The van der Waals surface area contributed by atoms with Crippen LogP contribution in [0.2, 0.25) is 5.15 Å². The number of anilines is 2. The van der Waals surface area contributed by atoms with Crippen LogP contribution in [-0.4, -0.2) is 34.1 Å². The van der Waals surface area contributed by atoms with Crippen molar-refractivity contribution in [3.05, 3.63) is 46.7 Å². The van der Waals surface area contributed by atoms with Gasteiger partial charge in [0.25, 0.3) is 0 Å². The van der Waals surface area contributed by atoms with E-state index in [-0.39, 0.29) is 35.0 Å². The Bertz CT molecular complexity index is 770. The van der Waals surface area contributed by atoms with Gasteiger partial charge >= 0.3 is 5.91 Å². The number of nitrogens with one attached hydrogen (secondary N) is 1. The Kier molecular flexibility index (Phi) is 8.97. The summed E-state index contributed by atoms with van der Waals surface area (Å²) in [6, 6.07) is 10.2. The highest BCUT2D eigenvalue weighted by molar-refractivity contribution is 7.98. The van der Waals surface area contributed by atoms with E-state index in [0.29, 0.717) is 12.4 Å². The number of amides is 1. The first-order valence-corrected chi connectivity index (χ1v) is 8.83. The summed E-state index contributed by atoms with van der Waals surface area (Å²) < 4.78 is 0. The maximum absolute atomic E-state index is 11.8. The van der Waals surface area contributed by atoms with Gasteiger partial charge in [0.2, 0.25) is 0 Å². The monoisotopic (exact) mass is 415 g/mol. The molecule has 26 heavy (non-hydrogen) atoms. The number of nitrogen functional groups attached to an aromatic ring is 1. The predicted octanol–water partition coefficient (Wildman–Crippen LogP) is 1.89. The fraction of sp³-hybridized carbons (Fsp3) is 0.200. The van der Waals surface area contributed by atoms with Crippen LogP contribution in [0.15, 0.2) is 35.3 Å². The van der Waals surface area contributed by atoms with Crippen LogP contribution < -0.4 is 22.5 Å². The van der Waals surface area contributed by atoms with E-state index in [1.165, 1.54) is 5.56 Å². The second-order valence-corrected chi connectivity index (χ2v) is 6.37. The number of hydrogen-bond donors (Lipinski definition) is 4. The smallest absolute Gasteiger partial charge is 0.302 e. The Balaban J connectivity index is 0.00000338. The van der Waals surface area contributed by atoms with Crippen molar-refractivity contribution in [2.45, 2.75) is 5.75 Å². The average molecular weight is 416 g/mol. The molecule has 0 fully saturated rings. The first-order valence-electron chi connectivity index (χ1n) is 7.30. The van der Waals surface area contributed by atoms with Crippen molar-refractivity contribution in [3.8, 4) is 0 Å². The number of guanidine groups is 1. The van der Waals surface area contributed by atoms with Gasteiger partial charge in [0, 0.05) is 18.1 Å². The molecule has 8 nitrogen and oxygen atoms in total. The van der Waals surface area contributed by atoms with E-state index >= 15 is 0 Å². The van der Waals surface area contributed by atoms with Crippen molar-refractivity contribution in [2.24, 2.45) is 16.5 Å². The van der Waals surface area contributed by atoms with Gasteiger partial charge in [0.15, 0.2) is 28.4 Å². The van der Waals surface area contributed by atoms with E-state index in [2.05, 4.69) is 32.4 Å². The zero-order valence-electron chi connectivity index (χ0n) is 13.7. The molecular formula is C15H19Cl2N7OS. The highest BCUT2D eigenvalue weighted by Crippen LogP contribution is 2.21. The van der Waals surface area contributed by atoms with Crippen molar-refractivity contribution >= 4 is 59.3 Å². The lowest BCUT2D eigenvalue weighted by atomic mass is 10.2. The molecule has 7 N–H and O–H groups in total. The highest BCUT2D eigenvalue weighted by Gasteiger charge is 2.16. The van der Waals surface area contributed by atoms with Gasteiger partial charge in [-0.3, -0.25) is 4.79 Å². The van der Waals surface area contributed by atoms with E-state index in [0.717, 1.165) is 11.5 Å². The van der Waals surface area contributed by atoms with Crippen LogP contribution in [0, 0.1) is 0 Å². The summed E-state index contributed by atoms with van der Waals surface area (Å²) in [6.45, 7) is 0.618. The summed E-state index contributed by atoms with van der Waals surface area (Å²) in [5, 5.41) is 3.07. The quantitative estimate of drug-likeness (QED) is 0.304. The largest absolute Gasteiger partial charge is 0.382 e. The van der Waals surface area contributed by atoms with Crippen LogP contribution in [0.25, 0.3) is 0 Å². The van der Waals surface area contributed by atoms with E-state index < -0.39 is 5.91 Å². The fourth-order valence-corrected chi connectivity index (χ4v) is 2.89. The Morgan fingerprint density at radius 3 is 2.58 bits per heavy atom. The lowest BCUT2D eigenvalue weighted by molar-refractivity contribution is 0.0998. The molecule has 0 radical (unpaired) electrons. The molecule has 0 unspecified atom stereocenters. The summed E-state index contributed by atoms with van der Waals surface area (Å²) in [4.78, 5) is 23.1. The predicted molar refractivity (Wildman–Crippen MR) is 110 cm³/mol. The molecule has 0 aliphatic rings. The minimum absolute atomic E-state index is 0. The van der Waals surface area contributed by atoms with E-state index in [9.17, 15) is 4.79 Å². The zero-order valence-corrected chi connectivity index (χ0v) is 16.1. The molecule has 140 valence electrons. The molecule has 11 heteroatoms. The first kappa shape index (κ1) is 21.8. The van der Waals surface area contributed by atoms with Gasteiger partial charge < -0.3 is 22.5 Å². The molecule has 1 aromatic carbocycles. The number of nitrogens with zero attached hydrogens (tertiary/aromatic N) is 3. The van der Waals surface area contributed by atoms with E-state index in [1.54, 1.807) is 11.8 Å². The third kappa shape index (κ3) is 6.58. The summed E-state index contributed by atoms with van der Waals surface area (Å²) in [5.41, 5.74) is 17.1. The molecule has 2 rings (SSSR count). The molecule has 2 aromatic rings. The zero-order chi connectivity index (χ0) is 18.2. The van der Waals surface area contributed by atoms with Crippen molar-refractivity contribution in [1.29, 1.82) is 0 Å². The number of carbonyl (C=O) groups excluding carboxylic acids is 1. The van der Waals surface area contributed by atoms with Gasteiger partial charge in [0.05, 0.1) is 0 Å². The maximum atomic E-state index is 11.8. The summed E-state index contributed by atoms with van der Waals surface area (Å²) in [5.74, 6) is 0.772. The van der Waals surface area contributed by atoms with Crippen LogP contribution in [-0.2, 0) is 5.75 Å². The van der Waals surface area contributed by atoms with Crippen molar-refractivity contribution in [2.75, 3.05) is 23.3 Å². The number of aromatic nitrogens is 2. The lowest BCUT2D eigenvalue weighted by Gasteiger charge is -2.09. The minimum Gasteiger partial charge on any atom is -0.382 e. The summed E-state index contributed by atoms with van der Waals surface area (Å²) in [6.07, 6.45) is 0. The van der Waals surface area contributed by atoms with Crippen molar-refractivity contribution in [1.82, 2.24) is 9.97 Å². The molecule has 0 aliphatic heterocycles. The Hall–Kier alpha value is -2.23. The molecule has 0 spiro atoms. The standard InChI is InChI=1S/C15H18ClN7OS.ClH/c16-11-13(20-6-7-25-8-9-4-2-1-3-5-9)22-12(17)10(21-11)14(24)23-15(18)19;/h1-5H,6-8H2,(H3,17,20,22)(H4,18,19,23,24);1H. The van der Waals surface area contributed by atoms with E-state index in [4.69, 9.17) is 28.8 Å². The molecule has 0 saturated heterocycles. The number of aliphatic imine (C=N–C) groups is 1. The van der Waals surface area contributed by atoms with E-state index in [1.807, 2.05) is 18.2 Å². The number of thioether (sulfide) groups is 1. The van der Waals surface area contributed by atoms with Crippen LogP contribution in [0.5, 0.6) is 0 Å². The van der Waals surface area contributed by atoms with Crippen LogP contribution in [0.1, 0.15) is 16.1 Å². The fourth-order valence-electron chi connectivity index (χ4n) is 1.87. The summed E-state index contributed by atoms with van der Waals surface area (Å²) in [7, 11) is 0. The second kappa shape index (κ2) is 10.7. The third-order valence-corrected chi connectivity index (χ3v) is 4.26. The molecule has 1 heterocycles. The van der Waals surface area contributed by atoms with Crippen LogP contribution in [0.3, 0.4) is 0 Å². The number of carbonyl (C=O) groups is 1. The van der Waals surface area contributed by atoms with Crippen LogP contribution >= 0.6 is 35.8 Å². The molecular weight excluding hydrogens is 397 g/mol. The van der Waals surface area contributed by atoms with Gasteiger partial charge in [-0.15, -0.1) is 12.4 Å². The van der Waals surface area contributed by atoms with Gasteiger partial charge in [-0.05, 0) is 5.56 Å². The molecule has 0 saturated carbocycles. The highest BCUT2D eigenvalue weighted by atomic mass is 35.5. The Morgan fingerprint density at radius 1 is 1.23 bits per heavy atom. The number of rotatable bonds is 7. The summed E-state index contributed by atoms with van der Waals surface area (Å²) >= 11 is 7.79. The lowest BCUT2D eigenvalue weighted by Crippen LogP contribution is -2.25. The Labute approximate surface area is 166 Å². The number of hydrogen-bond acceptors (Lipinski definition) is 6. The molecule has 1 aromatic heterocycles. The first-order chi connectivity index (χ1) is 12.0. The van der Waals surface area contributed by atoms with Gasteiger partial charge in [-0.1, -0.05) is 41.9 Å². The second-order valence-electron chi connectivity index (χ2n) is 4.90. The molecule has 0 aliphatic carbocycles. The Morgan fingerprint density at radius 2 is 1.92 bits per heavy atom. The van der Waals surface area contributed by atoms with Gasteiger partial charge in [-0.2, -0.15) is 16.8 Å². The van der Waals surface area contributed by atoms with Gasteiger partial charge in [-0.25, -0.2) is 9.97 Å². The average Bonchev–Trinajstić information content (AvgIpc) is 2.57. The van der Waals surface area contributed by atoms with Gasteiger partial charge in [0.1, 0.15) is 0 Å². The molecule has 0 atom stereocenters. The molecule has 0 bridgehead atoms. The maximum Gasteiger partial charge on any atom is 0.302 e. The number of halogens is 2. The number of benzene rings is 1. The number of nitrogens with two attached hydrogens (primary N) is 3. The minimum atomic E-state index is -0.795.